The van der Waals surface area contributed by atoms with Gasteiger partial charge in [0, 0.05) is 12.4 Å². The highest BCUT2D eigenvalue weighted by atomic mass is 35.5. The predicted molar refractivity (Wildman–Crippen MR) is 73.0 cm³/mol. The van der Waals surface area contributed by atoms with Gasteiger partial charge in [0.2, 0.25) is 0 Å². The topological polar surface area (TPSA) is 29.1 Å². The average molecular weight is 274 g/mol. The normalized spacial score (nSPS) is 11.4. The summed E-state index contributed by atoms with van der Waals surface area (Å²) in [4.78, 5) is 11.9. The van der Waals surface area contributed by atoms with Crippen molar-refractivity contribution in [2.24, 2.45) is 5.41 Å². The van der Waals surface area contributed by atoms with Crippen LogP contribution >= 0.6 is 23.2 Å². The SMILES string of the molecule is Cc1cccc(C(=O)NCC(C)(C)CCl)c1Cl. The van der Waals surface area contributed by atoms with Crippen LogP contribution in [0.3, 0.4) is 0 Å². The standard InChI is InChI=1S/C13H17Cl2NO/c1-9-5-4-6-10(11(9)15)12(17)16-8-13(2,3)7-14/h4-6H,7-8H2,1-3H3,(H,16,17). The van der Waals surface area contributed by atoms with Gasteiger partial charge in [0.15, 0.2) is 0 Å². The number of amides is 1. The van der Waals surface area contributed by atoms with Crippen LogP contribution in [0.2, 0.25) is 5.02 Å². The molecular weight excluding hydrogens is 257 g/mol. The van der Waals surface area contributed by atoms with Crippen LogP contribution in [-0.2, 0) is 0 Å². The maximum atomic E-state index is 11.9. The van der Waals surface area contributed by atoms with Crippen LogP contribution in [0.25, 0.3) is 0 Å². The maximum Gasteiger partial charge on any atom is 0.252 e. The molecule has 1 aromatic carbocycles. The Morgan fingerprint density at radius 3 is 2.65 bits per heavy atom. The highest BCUT2D eigenvalue weighted by molar-refractivity contribution is 6.34. The van der Waals surface area contributed by atoms with E-state index in [0.717, 1.165) is 5.56 Å². The predicted octanol–water partition coefficient (Wildman–Crippen LogP) is 3.64. The molecule has 0 aliphatic rings. The van der Waals surface area contributed by atoms with Crippen molar-refractivity contribution in [3.63, 3.8) is 0 Å². The van der Waals surface area contributed by atoms with E-state index in [9.17, 15) is 4.79 Å². The zero-order valence-electron chi connectivity index (χ0n) is 10.3. The van der Waals surface area contributed by atoms with Crippen molar-refractivity contribution in [2.75, 3.05) is 12.4 Å². The summed E-state index contributed by atoms with van der Waals surface area (Å²) in [6, 6.07) is 5.42. The first-order valence-corrected chi connectivity index (χ1v) is 6.38. The summed E-state index contributed by atoms with van der Waals surface area (Å²) in [5.74, 6) is 0.339. The minimum Gasteiger partial charge on any atom is -0.351 e. The Hall–Kier alpha value is -0.730. The van der Waals surface area contributed by atoms with E-state index in [4.69, 9.17) is 23.2 Å². The van der Waals surface area contributed by atoms with Crippen LogP contribution in [0.4, 0.5) is 0 Å². The molecule has 0 aliphatic heterocycles. The summed E-state index contributed by atoms with van der Waals surface area (Å²) in [6.07, 6.45) is 0. The van der Waals surface area contributed by atoms with E-state index < -0.39 is 0 Å². The van der Waals surface area contributed by atoms with Crippen molar-refractivity contribution in [2.45, 2.75) is 20.8 Å². The van der Waals surface area contributed by atoms with Crippen molar-refractivity contribution >= 4 is 29.1 Å². The van der Waals surface area contributed by atoms with E-state index in [1.807, 2.05) is 32.9 Å². The van der Waals surface area contributed by atoms with Crippen molar-refractivity contribution in [3.05, 3.63) is 34.3 Å². The molecule has 4 heteroatoms. The number of benzene rings is 1. The number of carbonyl (C=O) groups excluding carboxylic acids is 1. The van der Waals surface area contributed by atoms with Gasteiger partial charge < -0.3 is 5.32 Å². The number of carbonyl (C=O) groups is 1. The Morgan fingerprint density at radius 1 is 1.41 bits per heavy atom. The van der Waals surface area contributed by atoms with Crippen LogP contribution < -0.4 is 5.32 Å². The second-order valence-corrected chi connectivity index (χ2v) is 5.56. The number of rotatable bonds is 4. The lowest BCUT2D eigenvalue weighted by atomic mass is 9.96. The molecule has 0 aromatic heterocycles. The molecule has 0 bridgehead atoms. The molecule has 1 rings (SSSR count). The molecule has 1 aromatic rings. The molecule has 0 radical (unpaired) electrons. The molecule has 1 N–H and O–H groups in total. The summed E-state index contributed by atoms with van der Waals surface area (Å²) in [7, 11) is 0. The van der Waals surface area contributed by atoms with Gasteiger partial charge in [-0.25, -0.2) is 0 Å². The van der Waals surface area contributed by atoms with Crippen LogP contribution in [0.1, 0.15) is 29.8 Å². The Bertz CT molecular complexity index is 416. The molecule has 94 valence electrons. The first-order valence-electron chi connectivity index (χ1n) is 5.47. The summed E-state index contributed by atoms with van der Waals surface area (Å²) in [5.41, 5.74) is 1.29. The van der Waals surface area contributed by atoms with Gasteiger partial charge in [-0.2, -0.15) is 0 Å². The van der Waals surface area contributed by atoms with Gasteiger partial charge in [-0.15, -0.1) is 11.6 Å². The van der Waals surface area contributed by atoms with E-state index in [-0.39, 0.29) is 11.3 Å². The Kier molecular flexibility index (Phi) is 4.84. The second-order valence-electron chi connectivity index (χ2n) is 4.92. The van der Waals surface area contributed by atoms with E-state index in [0.29, 0.717) is 23.0 Å². The third-order valence-corrected chi connectivity index (χ3v) is 3.75. The van der Waals surface area contributed by atoms with Gasteiger partial charge in [-0.3, -0.25) is 4.79 Å². The van der Waals surface area contributed by atoms with Crippen LogP contribution in [0, 0.1) is 12.3 Å². The first-order chi connectivity index (χ1) is 7.87. The minimum atomic E-state index is -0.156. The highest BCUT2D eigenvalue weighted by Gasteiger charge is 2.19. The molecule has 0 spiro atoms. The van der Waals surface area contributed by atoms with Gasteiger partial charge in [0.25, 0.3) is 5.91 Å². The third-order valence-electron chi connectivity index (χ3n) is 2.53. The quantitative estimate of drug-likeness (QED) is 0.834. The molecule has 0 fully saturated rings. The number of halogens is 2. The lowest BCUT2D eigenvalue weighted by molar-refractivity contribution is 0.0940. The number of hydrogen-bond donors (Lipinski definition) is 1. The maximum absolute atomic E-state index is 11.9. The highest BCUT2D eigenvalue weighted by Crippen LogP contribution is 2.21. The first kappa shape index (κ1) is 14.3. The minimum absolute atomic E-state index is 0.118. The lowest BCUT2D eigenvalue weighted by Gasteiger charge is -2.21. The molecular formula is C13H17Cl2NO. The fourth-order valence-electron chi connectivity index (χ4n) is 1.28. The Morgan fingerprint density at radius 2 is 2.06 bits per heavy atom. The van der Waals surface area contributed by atoms with E-state index >= 15 is 0 Å². The summed E-state index contributed by atoms with van der Waals surface area (Å²) < 4.78 is 0. The van der Waals surface area contributed by atoms with Crippen LogP contribution in [-0.4, -0.2) is 18.3 Å². The van der Waals surface area contributed by atoms with Gasteiger partial charge in [0.1, 0.15) is 0 Å². The van der Waals surface area contributed by atoms with Crippen molar-refractivity contribution < 1.29 is 4.79 Å². The molecule has 2 nitrogen and oxygen atoms in total. The van der Waals surface area contributed by atoms with Crippen LogP contribution in [0.5, 0.6) is 0 Å². The molecule has 1 amide bonds. The van der Waals surface area contributed by atoms with E-state index in [2.05, 4.69) is 5.32 Å². The molecule has 0 aliphatic carbocycles. The number of alkyl halides is 1. The average Bonchev–Trinajstić information content (AvgIpc) is 2.30. The van der Waals surface area contributed by atoms with E-state index in [1.54, 1.807) is 6.07 Å². The summed E-state index contributed by atoms with van der Waals surface area (Å²) in [5, 5.41) is 3.36. The number of aryl methyl sites for hydroxylation is 1. The second kappa shape index (κ2) is 5.74. The fraction of sp³-hybridized carbons (Fsp3) is 0.462. The molecule has 17 heavy (non-hydrogen) atoms. The molecule has 0 heterocycles. The van der Waals surface area contributed by atoms with E-state index in [1.165, 1.54) is 0 Å². The largest absolute Gasteiger partial charge is 0.351 e. The van der Waals surface area contributed by atoms with Crippen molar-refractivity contribution in [1.82, 2.24) is 5.32 Å². The molecule has 0 unspecified atom stereocenters. The van der Waals surface area contributed by atoms with Gasteiger partial charge in [-0.1, -0.05) is 37.6 Å². The fourth-order valence-corrected chi connectivity index (χ4v) is 1.59. The van der Waals surface area contributed by atoms with Gasteiger partial charge >= 0.3 is 0 Å². The third kappa shape index (κ3) is 3.90. The molecule has 0 saturated carbocycles. The Balaban J connectivity index is 2.74. The Labute approximate surface area is 112 Å². The zero-order valence-corrected chi connectivity index (χ0v) is 11.8. The van der Waals surface area contributed by atoms with Gasteiger partial charge in [0.05, 0.1) is 10.6 Å². The smallest absolute Gasteiger partial charge is 0.252 e. The summed E-state index contributed by atoms with van der Waals surface area (Å²) >= 11 is 11.9. The monoisotopic (exact) mass is 273 g/mol. The molecule has 0 atom stereocenters. The lowest BCUT2D eigenvalue weighted by Crippen LogP contribution is -2.35. The number of nitrogens with one attached hydrogen (secondary N) is 1. The van der Waals surface area contributed by atoms with Crippen molar-refractivity contribution in [1.29, 1.82) is 0 Å². The number of hydrogen-bond acceptors (Lipinski definition) is 1. The summed E-state index contributed by atoms with van der Waals surface area (Å²) in [6.45, 7) is 6.40. The van der Waals surface area contributed by atoms with Gasteiger partial charge in [-0.05, 0) is 24.0 Å². The zero-order chi connectivity index (χ0) is 13.1. The van der Waals surface area contributed by atoms with Crippen molar-refractivity contribution in [3.8, 4) is 0 Å². The molecule has 0 saturated heterocycles. The van der Waals surface area contributed by atoms with Crippen LogP contribution in [0.15, 0.2) is 18.2 Å².